The van der Waals surface area contributed by atoms with Crippen LogP contribution in [0.2, 0.25) is 0 Å². The van der Waals surface area contributed by atoms with Crippen molar-refractivity contribution in [1.82, 2.24) is 0 Å². The van der Waals surface area contributed by atoms with Crippen LogP contribution in [0.4, 0.5) is 0 Å². The molecule has 0 aromatic heterocycles. The first kappa shape index (κ1) is 30.1. The van der Waals surface area contributed by atoms with Crippen LogP contribution in [0.1, 0.15) is 0 Å². The van der Waals surface area contributed by atoms with Crippen LogP contribution in [0.15, 0.2) is 0 Å². The molecule has 0 saturated heterocycles. The molecular formula is H5KNa2O8Si2. The Morgan fingerprint density at radius 2 is 0.692 bits per heavy atom. The van der Waals surface area contributed by atoms with Gasteiger partial charge in [0.15, 0.2) is 0 Å². The largest absolute Gasteiger partial charge is 1.00 e. The van der Waals surface area contributed by atoms with E-state index in [1.165, 1.54) is 0 Å². The summed E-state index contributed by atoms with van der Waals surface area (Å²) in [5.74, 6) is 0. The van der Waals surface area contributed by atoms with E-state index in [1.54, 1.807) is 0 Å². The van der Waals surface area contributed by atoms with Gasteiger partial charge < -0.3 is 38.4 Å². The Morgan fingerprint density at radius 3 is 0.692 bits per heavy atom. The molecule has 0 aliphatic heterocycles. The molecule has 0 aliphatic rings. The second kappa shape index (κ2) is 13.8. The van der Waals surface area contributed by atoms with Crippen molar-refractivity contribution in [1.29, 1.82) is 0 Å². The quantitative estimate of drug-likeness (QED) is 0.271. The zero-order valence-corrected chi connectivity index (χ0v) is 16.6. The van der Waals surface area contributed by atoms with Crippen molar-refractivity contribution >= 4 is 18.1 Å². The standard InChI is InChI=1S/K.2Na.H4O4Si.HO4Si/c;;;2*1-5(2,3)4/h;;;1-4H;1H/q3*+1;;-3. The van der Waals surface area contributed by atoms with Crippen LogP contribution in [-0.2, 0) is 0 Å². The zero-order chi connectivity index (χ0) is 9.00. The summed E-state index contributed by atoms with van der Waals surface area (Å²) in [7, 11) is -9.97. The molecule has 0 spiro atoms. The van der Waals surface area contributed by atoms with E-state index in [-0.39, 0.29) is 110 Å². The van der Waals surface area contributed by atoms with Gasteiger partial charge in [0.2, 0.25) is 0 Å². The van der Waals surface area contributed by atoms with E-state index in [2.05, 4.69) is 0 Å². The number of hydrogen-bond acceptors (Lipinski definition) is 8. The summed E-state index contributed by atoms with van der Waals surface area (Å²) in [6, 6.07) is 0. The molecule has 0 radical (unpaired) electrons. The third kappa shape index (κ3) is 212. The molecule has 0 aromatic carbocycles. The normalized spacial score (nSPS) is 9.23. The summed E-state index contributed by atoms with van der Waals surface area (Å²) >= 11 is 0. The van der Waals surface area contributed by atoms with Gasteiger partial charge in [0, 0.05) is 0 Å². The zero-order valence-electron chi connectivity index (χ0n) is 7.46. The molecule has 0 aliphatic carbocycles. The minimum atomic E-state index is -5.36. The van der Waals surface area contributed by atoms with Crippen molar-refractivity contribution in [3.05, 3.63) is 0 Å². The molecule has 0 fully saturated rings. The van der Waals surface area contributed by atoms with Crippen LogP contribution in [0.3, 0.4) is 0 Å². The topological polar surface area (TPSA) is 170 Å². The molecular weight excluding hydrogens is 269 g/mol. The van der Waals surface area contributed by atoms with Crippen LogP contribution in [-0.4, -0.2) is 42.1 Å². The minimum absolute atomic E-state index is 0. The maximum Gasteiger partial charge on any atom is 1.00 e. The van der Waals surface area contributed by atoms with Crippen LogP contribution < -0.4 is 125 Å². The second-order valence-corrected chi connectivity index (χ2v) is 3.37. The molecule has 5 N–H and O–H groups in total. The Hall–Kier alpha value is 3.75. The van der Waals surface area contributed by atoms with Gasteiger partial charge in [0.25, 0.3) is 0 Å². The van der Waals surface area contributed by atoms with Gasteiger partial charge in [0.1, 0.15) is 0 Å². The fourth-order valence-corrected chi connectivity index (χ4v) is 0. The summed E-state index contributed by atoms with van der Waals surface area (Å²) in [6.45, 7) is 0. The van der Waals surface area contributed by atoms with E-state index < -0.39 is 18.1 Å². The van der Waals surface area contributed by atoms with Gasteiger partial charge in [-0.2, -0.15) is 0 Å². The van der Waals surface area contributed by atoms with E-state index in [0.29, 0.717) is 0 Å². The van der Waals surface area contributed by atoms with E-state index in [1.807, 2.05) is 0 Å². The molecule has 0 bridgehead atoms. The van der Waals surface area contributed by atoms with Crippen molar-refractivity contribution in [2.24, 2.45) is 0 Å². The maximum absolute atomic E-state index is 8.69. The first-order valence-electron chi connectivity index (χ1n) is 1.73. The smallest absolute Gasteiger partial charge is 0.861 e. The molecule has 13 heavy (non-hydrogen) atoms. The van der Waals surface area contributed by atoms with Crippen LogP contribution in [0, 0.1) is 0 Å². The molecule has 8 nitrogen and oxygen atoms in total. The van der Waals surface area contributed by atoms with Gasteiger partial charge in [-0.1, -0.05) is 0 Å². The number of rotatable bonds is 0. The molecule has 0 amide bonds. The second-order valence-electron chi connectivity index (χ2n) is 1.12. The Balaban J connectivity index is -0.0000000267. The van der Waals surface area contributed by atoms with Crippen LogP contribution >= 0.6 is 0 Å². The summed E-state index contributed by atoms with van der Waals surface area (Å²) in [6.07, 6.45) is 0. The Kier molecular flexibility index (Phi) is 32.0. The van der Waals surface area contributed by atoms with Crippen molar-refractivity contribution in [2.75, 3.05) is 0 Å². The molecule has 0 atom stereocenters. The average Bonchev–Trinajstić information content (AvgIpc) is 1.12. The Morgan fingerprint density at radius 1 is 0.692 bits per heavy atom. The van der Waals surface area contributed by atoms with E-state index in [0.717, 1.165) is 0 Å². The molecule has 64 valence electrons. The SMILES string of the molecule is O[Si](O)(O)O.[K+].[Na+].[Na+].[O-][Si]([O-])([O-])O. The molecule has 13 heteroatoms. The van der Waals surface area contributed by atoms with Gasteiger partial charge in [0.05, 0.1) is 0 Å². The van der Waals surface area contributed by atoms with Crippen molar-refractivity contribution in [3.63, 3.8) is 0 Å². The molecule has 0 rings (SSSR count). The third-order valence-electron chi connectivity index (χ3n) is 0. The van der Waals surface area contributed by atoms with E-state index >= 15 is 0 Å². The van der Waals surface area contributed by atoms with Gasteiger partial charge in [-0.25, -0.2) is 0 Å². The van der Waals surface area contributed by atoms with Crippen LogP contribution in [0.25, 0.3) is 0 Å². The summed E-state index contributed by atoms with van der Waals surface area (Å²) < 4.78 is 0. The Labute approximate surface area is 163 Å². The average molecular weight is 274 g/mol. The molecule has 0 heterocycles. The maximum atomic E-state index is 8.69. The van der Waals surface area contributed by atoms with Gasteiger partial charge >= 0.3 is 120 Å². The summed E-state index contributed by atoms with van der Waals surface area (Å²) in [5.41, 5.74) is 0. The predicted octanol–water partition coefficient (Wildman–Crippen LogP) is -16.1. The monoisotopic (exact) mass is 274 g/mol. The fraction of sp³-hybridized carbons (Fsp3) is 0. The summed E-state index contributed by atoms with van der Waals surface area (Å²) in [5, 5.41) is 0. The first-order chi connectivity index (χ1) is 4.00. The van der Waals surface area contributed by atoms with Crippen molar-refractivity contribution < 1.29 is 149 Å². The third-order valence-corrected chi connectivity index (χ3v) is 0. The molecule has 0 saturated carbocycles. The minimum Gasteiger partial charge on any atom is -0.861 e. The van der Waals surface area contributed by atoms with E-state index in [9.17, 15) is 0 Å². The van der Waals surface area contributed by atoms with Gasteiger partial charge in [-0.3, -0.25) is 0 Å². The Bertz CT molecular complexity index is 63.1. The van der Waals surface area contributed by atoms with E-state index in [4.69, 9.17) is 38.4 Å². The van der Waals surface area contributed by atoms with Gasteiger partial charge in [-0.15, -0.1) is 9.05 Å². The van der Waals surface area contributed by atoms with Crippen LogP contribution in [0.5, 0.6) is 0 Å². The molecule has 0 aromatic rings. The predicted molar refractivity (Wildman–Crippen MR) is 22.6 cm³/mol. The van der Waals surface area contributed by atoms with Gasteiger partial charge in [-0.05, 0) is 0 Å². The number of hydrogen-bond donors (Lipinski definition) is 5. The fourth-order valence-electron chi connectivity index (χ4n) is 0. The van der Waals surface area contributed by atoms with Crippen molar-refractivity contribution in [2.45, 2.75) is 0 Å². The summed E-state index contributed by atoms with van der Waals surface area (Å²) in [4.78, 5) is 62.4. The molecule has 0 unspecified atom stereocenters. The first-order valence-corrected chi connectivity index (χ1v) is 5.19. The van der Waals surface area contributed by atoms with Crippen molar-refractivity contribution in [3.8, 4) is 0 Å².